The van der Waals surface area contributed by atoms with Gasteiger partial charge in [-0.1, -0.05) is 17.7 Å². The number of aromatic nitrogens is 2. The van der Waals surface area contributed by atoms with Crippen LogP contribution in [0.15, 0.2) is 24.5 Å². The van der Waals surface area contributed by atoms with Gasteiger partial charge in [-0.3, -0.25) is 4.79 Å². The maximum atomic E-state index is 11.0. The number of rotatable bonds is 3. The van der Waals surface area contributed by atoms with E-state index in [-0.39, 0.29) is 10.7 Å². The molecule has 0 aliphatic rings. The predicted molar refractivity (Wildman–Crippen MR) is 79.6 cm³/mol. The van der Waals surface area contributed by atoms with Crippen LogP contribution in [0.1, 0.15) is 15.9 Å². The molecule has 0 saturated heterocycles. The Balaban J connectivity index is 2.43. The molecular weight excluding hydrogens is 365 g/mol. The Morgan fingerprint density at radius 2 is 2.17 bits per heavy atom. The van der Waals surface area contributed by atoms with E-state index in [4.69, 9.17) is 11.6 Å². The van der Waals surface area contributed by atoms with Gasteiger partial charge in [-0.15, -0.1) is 0 Å². The summed E-state index contributed by atoms with van der Waals surface area (Å²) in [5.41, 5.74) is 2.24. The van der Waals surface area contributed by atoms with Gasteiger partial charge in [0, 0.05) is 9.26 Å². The van der Waals surface area contributed by atoms with Crippen molar-refractivity contribution in [1.29, 1.82) is 0 Å². The summed E-state index contributed by atoms with van der Waals surface area (Å²) in [6, 6.07) is 5.86. The third kappa shape index (κ3) is 2.62. The van der Waals surface area contributed by atoms with Crippen molar-refractivity contribution < 1.29 is 4.79 Å². The van der Waals surface area contributed by atoms with Crippen molar-refractivity contribution in [2.75, 3.05) is 5.32 Å². The fourth-order valence-corrected chi connectivity index (χ4v) is 2.12. The molecule has 92 valence electrons. The van der Waals surface area contributed by atoms with E-state index in [2.05, 4.69) is 37.9 Å². The molecule has 1 heterocycles. The van der Waals surface area contributed by atoms with Gasteiger partial charge in [0.25, 0.3) is 0 Å². The highest BCUT2D eigenvalue weighted by molar-refractivity contribution is 14.1. The molecule has 2 aromatic rings. The summed E-state index contributed by atoms with van der Waals surface area (Å²) in [4.78, 5) is 18.8. The molecule has 0 amide bonds. The van der Waals surface area contributed by atoms with E-state index in [1.807, 2.05) is 25.1 Å². The van der Waals surface area contributed by atoms with E-state index in [0.717, 1.165) is 14.8 Å². The molecule has 0 radical (unpaired) electrons. The Kier molecular flexibility index (Phi) is 4.13. The average Bonchev–Trinajstić information content (AvgIpc) is 2.35. The van der Waals surface area contributed by atoms with Crippen LogP contribution in [0, 0.1) is 10.5 Å². The molecule has 0 saturated carbocycles. The first-order valence-electron chi connectivity index (χ1n) is 5.11. The zero-order valence-electron chi connectivity index (χ0n) is 9.45. The molecule has 1 aromatic carbocycles. The number of carbonyl (C=O) groups is 1. The van der Waals surface area contributed by atoms with Crippen LogP contribution in [0.4, 0.5) is 11.5 Å². The fraction of sp³-hybridized carbons (Fsp3) is 0.0833. The lowest BCUT2D eigenvalue weighted by Crippen LogP contribution is -2.02. The Morgan fingerprint density at radius 3 is 2.89 bits per heavy atom. The maximum Gasteiger partial charge on any atom is 0.156 e. The van der Waals surface area contributed by atoms with E-state index >= 15 is 0 Å². The maximum absolute atomic E-state index is 11.0. The number of hydrogen-bond acceptors (Lipinski definition) is 4. The number of aldehydes is 1. The van der Waals surface area contributed by atoms with Crippen LogP contribution in [0.2, 0.25) is 5.15 Å². The number of nitrogens with one attached hydrogen (secondary N) is 1. The van der Waals surface area contributed by atoms with Crippen molar-refractivity contribution in [2.24, 2.45) is 0 Å². The number of carbonyl (C=O) groups excluding carboxylic acids is 1. The van der Waals surface area contributed by atoms with Crippen molar-refractivity contribution in [1.82, 2.24) is 9.97 Å². The van der Waals surface area contributed by atoms with Crippen LogP contribution in [-0.4, -0.2) is 16.3 Å². The highest BCUT2D eigenvalue weighted by Crippen LogP contribution is 2.26. The van der Waals surface area contributed by atoms with Crippen molar-refractivity contribution in [3.8, 4) is 0 Å². The third-order valence-corrected chi connectivity index (χ3v) is 3.94. The summed E-state index contributed by atoms with van der Waals surface area (Å²) in [7, 11) is 0. The van der Waals surface area contributed by atoms with Gasteiger partial charge in [0.05, 0.1) is 5.56 Å². The molecule has 0 fully saturated rings. The van der Waals surface area contributed by atoms with E-state index in [9.17, 15) is 4.79 Å². The van der Waals surface area contributed by atoms with Gasteiger partial charge in [-0.2, -0.15) is 0 Å². The van der Waals surface area contributed by atoms with Gasteiger partial charge in [-0.25, -0.2) is 9.97 Å². The van der Waals surface area contributed by atoms with E-state index in [0.29, 0.717) is 12.1 Å². The van der Waals surface area contributed by atoms with E-state index in [1.165, 1.54) is 6.33 Å². The molecule has 4 nitrogen and oxygen atoms in total. The van der Waals surface area contributed by atoms with Crippen molar-refractivity contribution in [3.05, 3.63) is 44.4 Å². The number of halogens is 2. The standard InChI is InChI=1S/C12H9ClIN3O/c1-7-9(14)3-2-4-10(7)17-12-8(5-18)11(13)15-6-16-12/h2-6H,1H3,(H,15,16,17). The van der Waals surface area contributed by atoms with Gasteiger partial charge in [0.1, 0.15) is 17.3 Å². The summed E-state index contributed by atoms with van der Waals surface area (Å²) in [6.07, 6.45) is 1.97. The summed E-state index contributed by atoms with van der Waals surface area (Å²) >= 11 is 8.09. The highest BCUT2D eigenvalue weighted by Gasteiger charge is 2.10. The molecule has 0 spiro atoms. The van der Waals surface area contributed by atoms with Gasteiger partial charge < -0.3 is 5.32 Å². The molecule has 0 unspecified atom stereocenters. The molecular formula is C12H9ClIN3O. The first-order chi connectivity index (χ1) is 8.63. The molecule has 6 heteroatoms. The monoisotopic (exact) mass is 373 g/mol. The molecule has 18 heavy (non-hydrogen) atoms. The summed E-state index contributed by atoms with van der Waals surface area (Å²) in [6.45, 7) is 1.99. The Morgan fingerprint density at radius 1 is 1.39 bits per heavy atom. The van der Waals surface area contributed by atoms with Crippen LogP contribution in [0.3, 0.4) is 0 Å². The second kappa shape index (κ2) is 5.62. The third-order valence-electron chi connectivity index (χ3n) is 2.47. The van der Waals surface area contributed by atoms with E-state index < -0.39 is 0 Å². The van der Waals surface area contributed by atoms with Crippen LogP contribution in [0.5, 0.6) is 0 Å². The molecule has 0 bridgehead atoms. The second-order valence-electron chi connectivity index (χ2n) is 3.58. The lowest BCUT2D eigenvalue weighted by atomic mass is 10.2. The molecule has 0 aliphatic heterocycles. The Bertz CT molecular complexity index is 604. The lowest BCUT2D eigenvalue weighted by molar-refractivity contribution is 0.112. The number of anilines is 2. The van der Waals surface area contributed by atoms with Gasteiger partial charge in [-0.05, 0) is 47.2 Å². The number of hydrogen-bond donors (Lipinski definition) is 1. The van der Waals surface area contributed by atoms with Crippen LogP contribution >= 0.6 is 34.2 Å². The van der Waals surface area contributed by atoms with Crippen LogP contribution in [-0.2, 0) is 0 Å². The highest BCUT2D eigenvalue weighted by atomic mass is 127. The van der Waals surface area contributed by atoms with Crippen molar-refractivity contribution in [3.63, 3.8) is 0 Å². The molecule has 0 atom stereocenters. The topological polar surface area (TPSA) is 54.9 Å². The Hall–Kier alpha value is -1.21. The number of nitrogens with zero attached hydrogens (tertiary/aromatic N) is 2. The average molecular weight is 374 g/mol. The SMILES string of the molecule is Cc1c(I)cccc1Nc1ncnc(Cl)c1C=O. The zero-order valence-corrected chi connectivity index (χ0v) is 12.4. The lowest BCUT2D eigenvalue weighted by Gasteiger charge is -2.11. The van der Waals surface area contributed by atoms with Crippen molar-refractivity contribution >= 4 is 52.0 Å². The first kappa shape index (κ1) is 13.2. The normalized spacial score (nSPS) is 10.2. The second-order valence-corrected chi connectivity index (χ2v) is 5.10. The van der Waals surface area contributed by atoms with Crippen LogP contribution in [0.25, 0.3) is 0 Å². The smallest absolute Gasteiger partial charge is 0.156 e. The van der Waals surface area contributed by atoms with E-state index in [1.54, 1.807) is 0 Å². The largest absolute Gasteiger partial charge is 0.339 e. The van der Waals surface area contributed by atoms with Gasteiger partial charge in [0.2, 0.25) is 0 Å². The predicted octanol–water partition coefficient (Wildman–Crippen LogP) is 3.60. The molecule has 2 rings (SSSR count). The van der Waals surface area contributed by atoms with Gasteiger partial charge >= 0.3 is 0 Å². The van der Waals surface area contributed by atoms with Crippen LogP contribution < -0.4 is 5.32 Å². The minimum atomic E-state index is 0.144. The quantitative estimate of drug-likeness (QED) is 0.507. The number of benzene rings is 1. The van der Waals surface area contributed by atoms with Crippen molar-refractivity contribution in [2.45, 2.75) is 6.92 Å². The molecule has 1 aromatic heterocycles. The first-order valence-corrected chi connectivity index (χ1v) is 6.57. The minimum Gasteiger partial charge on any atom is -0.339 e. The molecule has 1 N–H and O–H groups in total. The Labute approximate surface area is 123 Å². The summed E-state index contributed by atoms with van der Waals surface area (Å²) in [5, 5.41) is 3.25. The fourth-order valence-electron chi connectivity index (χ4n) is 1.45. The summed E-state index contributed by atoms with van der Waals surface area (Å²) in [5.74, 6) is 0.412. The van der Waals surface area contributed by atoms with Gasteiger partial charge in [0.15, 0.2) is 6.29 Å². The molecule has 0 aliphatic carbocycles. The zero-order chi connectivity index (χ0) is 13.1. The minimum absolute atomic E-state index is 0.144. The summed E-state index contributed by atoms with van der Waals surface area (Å²) < 4.78 is 1.13.